The minimum absolute atomic E-state index is 0.314. The van der Waals surface area contributed by atoms with E-state index in [1.54, 1.807) is 12.1 Å². The van der Waals surface area contributed by atoms with Crippen LogP contribution in [0.1, 0.15) is 0 Å². The van der Waals surface area contributed by atoms with Crippen molar-refractivity contribution in [2.45, 2.75) is 6.43 Å². The van der Waals surface area contributed by atoms with Crippen molar-refractivity contribution in [1.29, 1.82) is 0 Å². The number of hydrogen-bond acceptors (Lipinski definition) is 2. The Labute approximate surface area is 91.6 Å². The average Bonchev–Trinajstić information content (AvgIpc) is 2.25. The molecule has 2 N–H and O–H groups in total. The molecule has 16 heavy (non-hydrogen) atoms. The number of alkyl halides is 2. The maximum absolute atomic E-state index is 12.2. The summed E-state index contributed by atoms with van der Waals surface area (Å²) in [5.41, 5.74) is 5.32. The Bertz CT molecular complexity index is 354. The summed E-state index contributed by atoms with van der Waals surface area (Å²) in [6.07, 6.45) is -2.63. The predicted molar refractivity (Wildman–Crippen MR) is 55.9 cm³/mol. The number of urea groups is 1. The lowest BCUT2D eigenvalue weighted by Gasteiger charge is -2.20. The molecular weight excluding hydrogens is 218 g/mol. The van der Waals surface area contributed by atoms with Crippen molar-refractivity contribution in [3.8, 4) is 5.75 Å². The Morgan fingerprint density at radius 1 is 1.44 bits per heavy atom. The zero-order valence-electron chi connectivity index (χ0n) is 8.69. The van der Waals surface area contributed by atoms with Crippen LogP contribution >= 0.6 is 0 Å². The minimum Gasteiger partial charge on any atom is -0.497 e. The van der Waals surface area contributed by atoms with Crippen LogP contribution in [-0.2, 0) is 0 Å². The summed E-state index contributed by atoms with van der Waals surface area (Å²) in [6, 6.07) is 5.20. The highest BCUT2D eigenvalue weighted by Gasteiger charge is 2.17. The first-order valence-corrected chi connectivity index (χ1v) is 4.53. The molecule has 0 saturated carbocycles. The Kier molecular flexibility index (Phi) is 4.04. The Morgan fingerprint density at radius 3 is 2.38 bits per heavy atom. The molecule has 1 aromatic rings. The van der Waals surface area contributed by atoms with Gasteiger partial charge in [-0.05, 0) is 24.3 Å². The van der Waals surface area contributed by atoms with Crippen molar-refractivity contribution < 1.29 is 18.3 Å². The SMILES string of the molecule is COc1ccc(N(CC(F)F)C(N)=O)cc1. The van der Waals surface area contributed by atoms with E-state index in [1.165, 1.54) is 19.2 Å². The molecule has 0 aliphatic rings. The molecule has 88 valence electrons. The standard InChI is InChI=1S/C10H12F2N2O2/c1-16-8-4-2-7(3-5-8)14(10(13)15)6-9(11)12/h2-5,9H,6H2,1H3,(H2,13,15). The van der Waals surface area contributed by atoms with Gasteiger partial charge in [0.05, 0.1) is 13.7 Å². The van der Waals surface area contributed by atoms with Crippen molar-refractivity contribution in [3.05, 3.63) is 24.3 Å². The van der Waals surface area contributed by atoms with Crippen LogP contribution in [0.25, 0.3) is 0 Å². The molecular formula is C10H12F2N2O2. The molecule has 0 radical (unpaired) electrons. The summed E-state index contributed by atoms with van der Waals surface area (Å²) >= 11 is 0. The van der Waals surface area contributed by atoms with Crippen LogP contribution in [0.5, 0.6) is 5.75 Å². The molecule has 6 heteroatoms. The van der Waals surface area contributed by atoms with E-state index in [2.05, 4.69) is 0 Å². The molecule has 0 aliphatic carbocycles. The molecule has 0 fully saturated rings. The number of benzene rings is 1. The van der Waals surface area contributed by atoms with Gasteiger partial charge in [-0.1, -0.05) is 0 Å². The van der Waals surface area contributed by atoms with Crippen molar-refractivity contribution in [2.24, 2.45) is 5.73 Å². The Hall–Kier alpha value is -1.85. The van der Waals surface area contributed by atoms with Gasteiger partial charge in [0.25, 0.3) is 6.43 Å². The quantitative estimate of drug-likeness (QED) is 0.858. The fourth-order valence-electron chi connectivity index (χ4n) is 1.22. The number of nitrogens with two attached hydrogens (primary N) is 1. The summed E-state index contributed by atoms with van der Waals surface area (Å²) in [5, 5.41) is 0. The third kappa shape index (κ3) is 3.08. The molecule has 0 aliphatic heterocycles. The van der Waals surface area contributed by atoms with Gasteiger partial charge in [-0.3, -0.25) is 4.90 Å². The van der Waals surface area contributed by atoms with Gasteiger partial charge in [-0.2, -0.15) is 0 Å². The highest BCUT2D eigenvalue weighted by molar-refractivity contribution is 5.90. The van der Waals surface area contributed by atoms with Crippen LogP contribution in [-0.4, -0.2) is 26.1 Å². The molecule has 0 heterocycles. The number of carbonyl (C=O) groups is 1. The van der Waals surface area contributed by atoms with E-state index in [0.29, 0.717) is 11.4 Å². The number of rotatable bonds is 4. The second-order valence-electron chi connectivity index (χ2n) is 3.04. The molecule has 0 bridgehead atoms. The van der Waals surface area contributed by atoms with E-state index in [4.69, 9.17) is 10.5 Å². The predicted octanol–water partition coefficient (Wildman–Crippen LogP) is 1.85. The molecule has 0 saturated heterocycles. The van der Waals surface area contributed by atoms with Crippen LogP contribution in [0, 0.1) is 0 Å². The lowest BCUT2D eigenvalue weighted by atomic mass is 10.3. The fourth-order valence-corrected chi connectivity index (χ4v) is 1.22. The highest BCUT2D eigenvalue weighted by atomic mass is 19.3. The first kappa shape index (κ1) is 12.2. The third-order valence-electron chi connectivity index (χ3n) is 1.97. The van der Waals surface area contributed by atoms with Gasteiger partial charge < -0.3 is 10.5 Å². The Balaban J connectivity index is 2.88. The molecule has 1 aromatic carbocycles. The number of carbonyl (C=O) groups excluding carboxylic acids is 1. The number of primary amides is 1. The lowest BCUT2D eigenvalue weighted by Crippen LogP contribution is -2.39. The molecule has 0 unspecified atom stereocenters. The third-order valence-corrected chi connectivity index (χ3v) is 1.97. The maximum Gasteiger partial charge on any atom is 0.319 e. The van der Waals surface area contributed by atoms with E-state index in [-0.39, 0.29) is 0 Å². The van der Waals surface area contributed by atoms with Crippen molar-refractivity contribution in [1.82, 2.24) is 0 Å². The van der Waals surface area contributed by atoms with Crippen molar-refractivity contribution in [3.63, 3.8) is 0 Å². The van der Waals surface area contributed by atoms with Crippen LogP contribution in [0.2, 0.25) is 0 Å². The van der Waals surface area contributed by atoms with Gasteiger partial charge in [-0.25, -0.2) is 13.6 Å². The fraction of sp³-hybridized carbons (Fsp3) is 0.300. The zero-order valence-corrected chi connectivity index (χ0v) is 8.69. The normalized spacial score (nSPS) is 10.2. The number of methoxy groups -OCH3 is 1. The highest BCUT2D eigenvalue weighted by Crippen LogP contribution is 2.19. The van der Waals surface area contributed by atoms with E-state index < -0.39 is 19.0 Å². The van der Waals surface area contributed by atoms with Crippen molar-refractivity contribution >= 4 is 11.7 Å². The maximum atomic E-state index is 12.2. The molecule has 2 amide bonds. The average molecular weight is 230 g/mol. The van der Waals surface area contributed by atoms with Gasteiger partial charge >= 0.3 is 6.03 Å². The van der Waals surface area contributed by atoms with Gasteiger partial charge in [0.1, 0.15) is 5.75 Å². The molecule has 4 nitrogen and oxygen atoms in total. The molecule has 0 aromatic heterocycles. The zero-order chi connectivity index (χ0) is 12.1. The van der Waals surface area contributed by atoms with Crippen LogP contribution in [0.4, 0.5) is 19.3 Å². The molecule has 0 spiro atoms. The second-order valence-corrected chi connectivity index (χ2v) is 3.04. The second kappa shape index (κ2) is 5.29. The molecule has 0 atom stereocenters. The molecule has 1 rings (SSSR count). The van der Waals surface area contributed by atoms with Gasteiger partial charge in [0.2, 0.25) is 0 Å². The van der Waals surface area contributed by atoms with Crippen LogP contribution < -0.4 is 15.4 Å². The number of amides is 2. The Morgan fingerprint density at radius 2 is 2.00 bits per heavy atom. The van der Waals surface area contributed by atoms with Gasteiger partial charge in [-0.15, -0.1) is 0 Å². The lowest BCUT2D eigenvalue weighted by molar-refractivity contribution is 0.155. The number of halogens is 2. The summed E-state index contributed by atoms with van der Waals surface area (Å²) < 4.78 is 29.3. The van der Waals surface area contributed by atoms with Crippen molar-refractivity contribution in [2.75, 3.05) is 18.6 Å². The van der Waals surface area contributed by atoms with Crippen LogP contribution in [0.3, 0.4) is 0 Å². The smallest absolute Gasteiger partial charge is 0.319 e. The first-order chi connectivity index (χ1) is 7.54. The minimum atomic E-state index is -2.63. The van der Waals surface area contributed by atoms with Gasteiger partial charge in [0, 0.05) is 5.69 Å². The van der Waals surface area contributed by atoms with E-state index in [9.17, 15) is 13.6 Å². The topological polar surface area (TPSA) is 55.6 Å². The number of anilines is 1. The van der Waals surface area contributed by atoms with E-state index >= 15 is 0 Å². The first-order valence-electron chi connectivity index (χ1n) is 4.53. The number of hydrogen-bond donors (Lipinski definition) is 1. The van der Waals surface area contributed by atoms with Gasteiger partial charge in [0.15, 0.2) is 0 Å². The largest absolute Gasteiger partial charge is 0.497 e. The number of ether oxygens (including phenoxy) is 1. The summed E-state index contributed by atoms with van der Waals surface area (Å²) in [4.78, 5) is 11.8. The summed E-state index contributed by atoms with van der Waals surface area (Å²) in [6.45, 7) is -0.721. The summed E-state index contributed by atoms with van der Waals surface area (Å²) in [5.74, 6) is 0.574. The summed E-state index contributed by atoms with van der Waals surface area (Å²) in [7, 11) is 1.49. The van der Waals surface area contributed by atoms with Crippen LogP contribution in [0.15, 0.2) is 24.3 Å². The monoisotopic (exact) mass is 230 g/mol. The van der Waals surface area contributed by atoms with E-state index in [1.807, 2.05) is 0 Å². The number of nitrogens with zero attached hydrogens (tertiary/aromatic N) is 1. The van der Waals surface area contributed by atoms with E-state index in [0.717, 1.165) is 4.90 Å².